The molecule has 7 N–H and O–H groups in total. The number of nitrogens with zero attached hydrogens (tertiary/aromatic N) is 11. The van der Waals surface area contributed by atoms with Gasteiger partial charge in [0.05, 0.1) is 12.7 Å². The molecule has 0 bridgehead atoms. The molecular weight excluding hydrogens is 684 g/mol. The summed E-state index contributed by atoms with van der Waals surface area (Å²) in [6.07, 6.45) is 11.4. The van der Waals surface area contributed by atoms with E-state index in [9.17, 15) is 19.2 Å². The number of anilines is 1. The van der Waals surface area contributed by atoms with Crippen LogP contribution >= 0.6 is 0 Å². The number of nitrogens with one attached hydrogen (secondary N) is 3. The molecule has 7 rings (SSSR count). The van der Waals surface area contributed by atoms with Crippen LogP contribution in [0.5, 0.6) is 0 Å². The number of carbonyl (C=O) groups is 1. The number of aromatic amines is 2. The van der Waals surface area contributed by atoms with Crippen LogP contribution in [0.2, 0.25) is 0 Å². The lowest BCUT2D eigenvalue weighted by molar-refractivity contribution is -0.117. The van der Waals surface area contributed by atoms with Gasteiger partial charge in [-0.05, 0) is 19.9 Å². The number of aliphatic imine (C=N–C) groups is 1. The number of carbonyl (C=O) groups excluding carboxylic acids is 1. The first-order valence-corrected chi connectivity index (χ1v) is 14.9. The number of amides is 1. The van der Waals surface area contributed by atoms with E-state index in [4.69, 9.17) is 11.5 Å². The highest BCUT2D eigenvalue weighted by Crippen LogP contribution is 2.12. The van der Waals surface area contributed by atoms with Crippen LogP contribution in [0, 0.1) is 6.92 Å². The second kappa shape index (κ2) is 19.3. The molecule has 53 heavy (non-hydrogen) atoms. The summed E-state index contributed by atoms with van der Waals surface area (Å²) in [5, 5.41) is 2.60. The maximum atomic E-state index is 11.2. The summed E-state index contributed by atoms with van der Waals surface area (Å²) in [6.45, 7) is 10.8. The van der Waals surface area contributed by atoms with Gasteiger partial charge in [-0.3, -0.25) is 19.4 Å². The van der Waals surface area contributed by atoms with Crippen LogP contribution in [-0.2, 0) is 25.9 Å². The van der Waals surface area contributed by atoms with E-state index in [2.05, 4.69) is 58.4 Å². The molecule has 0 radical (unpaired) electrons. The number of hydrogen-bond acceptors (Lipinski definition) is 14. The van der Waals surface area contributed by atoms with Crippen LogP contribution in [0.15, 0.2) is 99.5 Å². The molecule has 0 unspecified atom stereocenters. The van der Waals surface area contributed by atoms with Crippen molar-refractivity contribution in [2.45, 2.75) is 28.7 Å². The number of H-pyrrole nitrogens is 2. The normalized spacial score (nSPS) is 12.8. The molecule has 0 aliphatic carbocycles. The van der Waals surface area contributed by atoms with Crippen molar-refractivity contribution in [3.63, 3.8) is 0 Å². The Kier molecular flexibility index (Phi) is 16.0. The van der Waals surface area contributed by atoms with Crippen molar-refractivity contribution in [3.05, 3.63) is 117 Å². The molecule has 0 aromatic carbocycles. The van der Waals surface area contributed by atoms with Crippen LogP contribution in [0.3, 0.4) is 0 Å². The molecule has 0 atom stereocenters. The summed E-state index contributed by atoms with van der Waals surface area (Å²) >= 11 is 0. The Morgan fingerprint density at radius 3 is 1.94 bits per heavy atom. The van der Waals surface area contributed by atoms with Crippen molar-refractivity contribution in [1.29, 1.82) is 0 Å². The standard InChI is InChI=1S/C7H8N4O.C7H10N2O.C6H7N5.C6H9N3.C5H6N2O2.2CH4/c1-4-9-6-5(7(12)10-4)8-3-11(6)2;1-5-4-9(3)6(2)8-7(5)10;1-11-3-10-4-5(7)8-2-9-6(4)11;1-5-8-6(7)3-4-9(5)2;1-7-3-2-4(8)6-5(7)9;;/h3H,1-2H3,(H,9,10,12);4H,2H2,1,3H3,(H,8,10);2-3H,1H3,(H2,7,8,9);3-4H,1H2,2H3,(H2,7,8);2-3H,1H3,(H,6,8,9);2*1H4. The minimum Gasteiger partial charge on any atom is -0.384 e. The molecule has 0 spiro atoms. The van der Waals surface area contributed by atoms with Gasteiger partial charge in [-0.15, -0.1) is 0 Å². The SMILES string of the molecule is C.C.C=C1N=C(N)C=CN1C.C=C1NC(=O)C(C)=CN1C.Cc1nc2c(ncn2C)c(=O)[nH]1.Cn1ccc(=O)[nH]c1=O.Cn1cnc2c(N)ncnc21. The topological polar surface area (TPSA) is 262 Å². The molecule has 0 saturated carbocycles. The number of amidine groups is 1. The Bertz CT molecular complexity index is 2340. The fraction of sp³-hybridized carbons (Fsp3) is 0.273. The van der Waals surface area contributed by atoms with Gasteiger partial charge in [-0.2, -0.15) is 0 Å². The van der Waals surface area contributed by atoms with Crippen LogP contribution in [0.1, 0.15) is 27.6 Å². The molecule has 7 heterocycles. The number of fused-ring (bicyclic) bond motifs is 2. The summed E-state index contributed by atoms with van der Waals surface area (Å²) < 4.78 is 4.81. The van der Waals surface area contributed by atoms with Gasteiger partial charge < -0.3 is 45.3 Å². The third kappa shape index (κ3) is 12.0. The number of nitrogen functional groups attached to an aromatic ring is 1. The summed E-state index contributed by atoms with van der Waals surface area (Å²) in [5.41, 5.74) is 13.1. The van der Waals surface area contributed by atoms with Crippen molar-refractivity contribution in [3.8, 4) is 0 Å². The Hall–Kier alpha value is -7.12. The zero-order valence-corrected chi connectivity index (χ0v) is 29.2. The second-order valence-electron chi connectivity index (χ2n) is 10.9. The van der Waals surface area contributed by atoms with E-state index in [1.807, 2.05) is 27.3 Å². The number of nitrogens with two attached hydrogens (primary N) is 2. The zero-order chi connectivity index (χ0) is 38.0. The summed E-state index contributed by atoms with van der Waals surface area (Å²) in [4.78, 5) is 75.1. The average Bonchev–Trinajstić information content (AvgIpc) is 3.64. The highest BCUT2D eigenvalue weighted by atomic mass is 16.2. The molecule has 1 amide bonds. The number of hydrogen-bond donors (Lipinski definition) is 5. The summed E-state index contributed by atoms with van der Waals surface area (Å²) in [7, 11) is 8.95. The minimum absolute atomic E-state index is 0. The Labute approximate surface area is 305 Å². The summed E-state index contributed by atoms with van der Waals surface area (Å²) in [6, 6.07) is 1.29. The van der Waals surface area contributed by atoms with Gasteiger partial charge in [-0.1, -0.05) is 28.0 Å². The third-order valence-corrected chi connectivity index (χ3v) is 6.78. The number of rotatable bonds is 0. The van der Waals surface area contributed by atoms with E-state index < -0.39 is 0 Å². The van der Waals surface area contributed by atoms with Crippen LogP contribution in [0.4, 0.5) is 5.82 Å². The lowest BCUT2D eigenvalue weighted by Gasteiger charge is -2.23. The zero-order valence-electron chi connectivity index (χ0n) is 29.2. The van der Waals surface area contributed by atoms with Crippen molar-refractivity contribution >= 4 is 39.9 Å². The van der Waals surface area contributed by atoms with E-state index in [1.165, 1.54) is 23.2 Å². The quantitative estimate of drug-likeness (QED) is 0.149. The van der Waals surface area contributed by atoms with Crippen molar-refractivity contribution in [2.75, 3.05) is 19.8 Å². The number of aromatic nitrogens is 10. The maximum absolute atomic E-state index is 11.2. The van der Waals surface area contributed by atoms with Crippen molar-refractivity contribution in [1.82, 2.24) is 63.7 Å². The van der Waals surface area contributed by atoms with Gasteiger partial charge in [0, 0.05) is 65.5 Å². The smallest absolute Gasteiger partial charge is 0.328 e. The predicted octanol–water partition coefficient (Wildman–Crippen LogP) is 0.953. The molecular formula is C33H48N16O4. The van der Waals surface area contributed by atoms with Crippen LogP contribution in [-0.4, -0.2) is 84.2 Å². The molecule has 5 aromatic rings. The molecule has 0 fully saturated rings. The summed E-state index contributed by atoms with van der Waals surface area (Å²) in [5.74, 6) is 2.78. The number of aryl methyl sites for hydroxylation is 4. The molecule has 2 aliphatic rings. The lowest BCUT2D eigenvalue weighted by atomic mass is 10.2. The first-order valence-electron chi connectivity index (χ1n) is 14.9. The monoisotopic (exact) mass is 732 g/mol. The van der Waals surface area contributed by atoms with Crippen molar-refractivity contribution < 1.29 is 4.79 Å². The number of imidazole rings is 2. The van der Waals surface area contributed by atoms with E-state index in [0.29, 0.717) is 51.4 Å². The van der Waals surface area contributed by atoms with E-state index in [1.54, 1.807) is 71.8 Å². The second-order valence-corrected chi connectivity index (χ2v) is 10.9. The molecule has 20 heteroatoms. The molecule has 284 valence electrons. The largest absolute Gasteiger partial charge is 0.384 e. The van der Waals surface area contributed by atoms with Gasteiger partial charge >= 0.3 is 5.69 Å². The van der Waals surface area contributed by atoms with Gasteiger partial charge in [0.25, 0.3) is 17.0 Å². The van der Waals surface area contributed by atoms with Gasteiger partial charge in [0.1, 0.15) is 35.1 Å². The Balaban J connectivity index is 0.000000330. The highest BCUT2D eigenvalue weighted by molar-refractivity contribution is 5.94. The van der Waals surface area contributed by atoms with Gasteiger partial charge in [-0.25, -0.2) is 34.7 Å². The Morgan fingerprint density at radius 1 is 0.774 bits per heavy atom. The first kappa shape index (κ1) is 43.9. The lowest BCUT2D eigenvalue weighted by Crippen LogP contribution is -2.35. The average molecular weight is 733 g/mol. The molecule has 2 aliphatic heterocycles. The molecule has 5 aromatic heterocycles. The van der Waals surface area contributed by atoms with E-state index >= 15 is 0 Å². The first-order chi connectivity index (χ1) is 24.0. The fourth-order valence-corrected chi connectivity index (χ4v) is 3.86. The fourth-order valence-electron chi connectivity index (χ4n) is 3.86. The molecule has 0 saturated heterocycles. The third-order valence-electron chi connectivity index (χ3n) is 6.78. The predicted molar refractivity (Wildman–Crippen MR) is 207 cm³/mol. The Morgan fingerprint density at radius 2 is 1.40 bits per heavy atom. The van der Waals surface area contributed by atoms with Gasteiger partial charge in [0.2, 0.25) is 0 Å². The van der Waals surface area contributed by atoms with Crippen LogP contribution in [0.25, 0.3) is 22.3 Å². The molecule has 20 nitrogen and oxygen atoms in total. The van der Waals surface area contributed by atoms with E-state index in [0.717, 1.165) is 5.65 Å². The van der Waals surface area contributed by atoms with E-state index in [-0.39, 0.29) is 37.6 Å². The minimum atomic E-state index is -0.387. The van der Waals surface area contributed by atoms with Gasteiger partial charge in [0.15, 0.2) is 22.6 Å². The highest BCUT2D eigenvalue weighted by Gasteiger charge is 2.13. The maximum Gasteiger partial charge on any atom is 0.328 e. The van der Waals surface area contributed by atoms with Crippen molar-refractivity contribution in [2.24, 2.45) is 31.9 Å². The van der Waals surface area contributed by atoms with Crippen LogP contribution < -0.4 is 33.6 Å².